The van der Waals surface area contributed by atoms with Crippen LogP contribution < -0.4 is 0 Å². The number of hydrogen-bond acceptors (Lipinski definition) is 3. The van der Waals surface area contributed by atoms with Crippen LogP contribution in [-0.2, 0) is 34.7 Å². The summed E-state index contributed by atoms with van der Waals surface area (Å²) in [5.74, 6) is -0.155. The fourth-order valence-corrected chi connectivity index (χ4v) is 3.01. The number of nitrogens with zero attached hydrogens (tertiary/aromatic N) is 2. The maximum Gasteiger partial charge on any atom is 0.238 e. The van der Waals surface area contributed by atoms with E-state index in [4.69, 9.17) is 10.7 Å². The normalized spacial score (nSPS) is 16.4. The molecule has 2 rings (SSSR count). The summed E-state index contributed by atoms with van der Waals surface area (Å²) in [6.07, 6.45) is 4.17. The third-order valence-corrected chi connectivity index (χ3v) is 3.70. The van der Waals surface area contributed by atoms with Gasteiger partial charge in [-0.05, 0) is 31.2 Å². The molecule has 0 radical (unpaired) electrons. The lowest BCUT2D eigenvalue weighted by Crippen LogP contribution is -2.06. The van der Waals surface area contributed by atoms with Crippen LogP contribution in [0, 0.1) is 0 Å². The van der Waals surface area contributed by atoms with Crippen molar-refractivity contribution in [3.05, 3.63) is 17.0 Å². The topological polar surface area (TPSA) is 52.0 Å². The lowest BCUT2D eigenvalue weighted by atomic mass is 9.96. The van der Waals surface area contributed by atoms with Crippen LogP contribution >= 0.6 is 10.7 Å². The molecular weight excluding hydrogens is 236 g/mol. The Morgan fingerprint density at radius 3 is 2.73 bits per heavy atom. The van der Waals surface area contributed by atoms with E-state index in [9.17, 15) is 8.42 Å². The molecule has 0 aromatic carbocycles. The van der Waals surface area contributed by atoms with Gasteiger partial charge in [-0.3, -0.25) is 4.68 Å². The average Bonchev–Trinajstić information content (AvgIpc) is 2.42. The van der Waals surface area contributed by atoms with E-state index >= 15 is 0 Å². The van der Waals surface area contributed by atoms with Gasteiger partial charge in [0.05, 0.1) is 5.69 Å². The predicted molar refractivity (Wildman–Crippen MR) is 58.3 cm³/mol. The number of rotatable bonds is 2. The lowest BCUT2D eigenvalue weighted by Gasteiger charge is -2.12. The zero-order valence-electron chi connectivity index (χ0n) is 8.53. The predicted octanol–water partition coefficient (Wildman–Crippen LogP) is 1.37. The number of hydrogen-bond donors (Lipinski definition) is 0. The molecule has 4 nitrogen and oxygen atoms in total. The molecule has 0 spiro atoms. The molecule has 0 N–H and O–H groups in total. The van der Waals surface area contributed by atoms with Gasteiger partial charge in [0.25, 0.3) is 0 Å². The molecule has 0 saturated carbocycles. The van der Waals surface area contributed by atoms with Crippen LogP contribution in [0.1, 0.15) is 29.8 Å². The standard InChI is InChI=1S/C9H13ClN2O2S/c1-12-9-5-3-2-4-7(9)8(11-12)6-15(10,13)14/h2-6H2,1H3. The van der Waals surface area contributed by atoms with Gasteiger partial charge < -0.3 is 0 Å². The fourth-order valence-electron chi connectivity index (χ4n) is 2.14. The largest absolute Gasteiger partial charge is 0.272 e. The van der Waals surface area contributed by atoms with Gasteiger partial charge in [0.1, 0.15) is 5.75 Å². The Hall–Kier alpha value is -0.550. The summed E-state index contributed by atoms with van der Waals surface area (Å²) in [4.78, 5) is 0. The van der Waals surface area contributed by atoms with E-state index in [1.54, 1.807) is 4.68 Å². The molecule has 1 aromatic rings. The van der Waals surface area contributed by atoms with Crippen LogP contribution in [0.15, 0.2) is 0 Å². The molecule has 0 saturated heterocycles. The highest BCUT2D eigenvalue weighted by Crippen LogP contribution is 2.25. The van der Waals surface area contributed by atoms with Gasteiger partial charge in [0.15, 0.2) is 0 Å². The minimum absolute atomic E-state index is 0.155. The summed E-state index contributed by atoms with van der Waals surface area (Å²) in [6, 6.07) is 0. The summed E-state index contributed by atoms with van der Waals surface area (Å²) in [7, 11) is 3.60. The van der Waals surface area contributed by atoms with Crippen molar-refractivity contribution in [1.82, 2.24) is 9.78 Å². The zero-order chi connectivity index (χ0) is 11.1. The highest BCUT2D eigenvalue weighted by atomic mass is 35.7. The summed E-state index contributed by atoms with van der Waals surface area (Å²) in [6.45, 7) is 0. The van der Waals surface area contributed by atoms with Crippen molar-refractivity contribution in [2.45, 2.75) is 31.4 Å². The summed E-state index contributed by atoms with van der Waals surface area (Å²) in [5.41, 5.74) is 2.88. The van der Waals surface area contributed by atoms with Gasteiger partial charge in [-0.2, -0.15) is 5.10 Å². The fraction of sp³-hybridized carbons (Fsp3) is 0.667. The van der Waals surface area contributed by atoms with Crippen LogP contribution in [0.4, 0.5) is 0 Å². The lowest BCUT2D eigenvalue weighted by molar-refractivity contribution is 0.607. The SMILES string of the molecule is Cn1nc(CS(=O)(=O)Cl)c2c1CCCC2. The Kier molecular flexibility index (Phi) is 2.77. The third kappa shape index (κ3) is 2.34. The minimum Gasteiger partial charge on any atom is -0.272 e. The Labute approximate surface area is 93.7 Å². The number of fused-ring (bicyclic) bond motifs is 1. The number of aryl methyl sites for hydroxylation is 1. The quantitative estimate of drug-likeness (QED) is 0.743. The smallest absolute Gasteiger partial charge is 0.238 e. The molecule has 0 atom stereocenters. The third-order valence-electron chi connectivity index (χ3n) is 2.76. The highest BCUT2D eigenvalue weighted by molar-refractivity contribution is 8.13. The zero-order valence-corrected chi connectivity index (χ0v) is 10.1. The molecule has 0 aliphatic heterocycles. The van der Waals surface area contributed by atoms with Gasteiger partial charge in [0.2, 0.25) is 9.05 Å². The Morgan fingerprint density at radius 2 is 2.07 bits per heavy atom. The van der Waals surface area contributed by atoms with E-state index in [2.05, 4.69) is 5.10 Å². The Morgan fingerprint density at radius 1 is 1.40 bits per heavy atom. The average molecular weight is 249 g/mol. The molecule has 0 unspecified atom stereocenters. The molecule has 0 fully saturated rings. The number of aromatic nitrogens is 2. The summed E-state index contributed by atoms with van der Waals surface area (Å²) < 4.78 is 23.8. The molecule has 0 amide bonds. The maximum absolute atomic E-state index is 11.0. The van der Waals surface area contributed by atoms with Gasteiger partial charge >= 0.3 is 0 Å². The van der Waals surface area contributed by atoms with Crippen LogP contribution in [0.5, 0.6) is 0 Å². The Balaban J connectivity index is 2.40. The van der Waals surface area contributed by atoms with Crippen LogP contribution in [0.2, 0.25) is 0 Å². The second-order valence-corrected chi connectivity index (χ2v) is 6.66. The van der Waals surface area contributed by atoms with E-state index in [1.807, 2.05) is 7.05 Å². The first kappa shape index (κ1) is 11.0. The van der Waals surface area contributed by atoms with Gasteiger partial charge in [-0.25, -0.2) is 8.42 Å². The molecule has 15 heavy (non-hydrogen) atoms. The van der Waals surface area contributed by atoms with Crippen molar-refractivity contribution in [1.29, 1.82) is 0 Å². The van der Waals surface area contributed by atoms with Crippen molar-refractivity contribution in [3.8, 4) is 0 Å². The first-order chi connectivity index (χ1) is 6.97. The first-order valence-corrected chi connectivity index (χ1v) is 7.41. The molecule has 1 aliphatic rings. The first-order valence-electron chi connectivity index (χ1n) is 4.93. The van der Waals surface area contributed by atoms with E-state index in [1.165, 1.54) is 0 Å². The molecule has 1 heterocycles. The molecule has 0 bridgehead atoms. The van der Waals surface area contributed by atoms with E-state index in [-0.39, 0.29) is 5.75 Å². The van der Waals surface area contributed by atoms with Crippen molar-refractivity contribution in [2.75, 3.05) is 0 Å². The van der Waals surface area contributed by atoms with E-state index in [0.29, 0.717) is 5.69 Å². The van der Waals surface area contributed by atoms with Crippen LogP contribution in [-0.4, -0.2) is 18.2 Å². The molecule has 1 aromatic heterocycles. The Bertz CT molecular complexity index is 479. The van der Waals surface area contributed by atoms with Crippen LogP contribution in [0.3, 0.4) is 0 Å². The second kappa shape index (κ2) is 3.79. The summed E-state index contributed by atoms with van der Waals surface area (Å²) in [5, 5.41) is 4.23. The second-order valence-electron chi connectivity index (χ2n) is 3.89. The maximum atomic E-state index is 11.0. The van der Waals surface area contributed by atoms with Crippen LogP contribution in [0.25, 0.3) is 0 Å². The molecular formula is C9H13ClN2O2S. The van der Waals surface area contributed by atoms with Crippen molar-refractivity contribution >= 4 is 19.7 Å². The van der Waals surface area contributed by atoms with Crippen molar-refractivity contribution in [2.24, 2.45) is 7.05 Å². The highest BCUT2D eigenvalue weighted by Gasteiger charge is 2.22. The summed E-state index contributed by atoms with van der Waals surface area (Å²) >= 11 is 0. The molecule has 6 heteroatoms. The van der Waals surface area contributed by atoms with Gasteiger partial charge in [0, 0.05) is 23.4 Å². The minimum atomic E-state index is -3.50. The number of halogens is 1. The molecule has 1 aliphatic carbocycles. The molecule has 84 valence electrons. The van der Waals surface area contributed by atoms with Gasteiger partial charge in [-0.1, -0.05) is 0 Å². The van der Waals surface area contributed by atoms with E-state index < -0.39 is 9.05 Å². The van der Waals surface area contributed by atoms with Crippen molar-refractivity contribution < 1.29 is 8.42 Å². The monoisotopic (exact) mass is 248 g/mol. The van der Waals surface area contributed by atoms with E-state index in [0.717, 1.165) is 36.9 Å². The van der Waals surface area contributed by atoms with Crippen molar-refractivity contribution in [3.63, 3.8) is 0 Å². The van der Waals surface area contributed by atoms with Gasteiger partial charge in [-0.15, -0.1) is 0 Å².